The number of aliphatic imine (C=N–C) groups is 1. The number of hydrogen-bond acceptors (Lipinski definition) is 2. The molecule has 112 valence electrons. The molecule has 0 aromatic carbocycles. The van der Waals surface area contributed by atoms with E-state index in [1.165, 1.54) is 63.6 Å². The number of amidine groups is 1. The van der Waals surface area contributed by atoms with E-state index in [0.717, 1.165) is 19.0 Å². The third-order valence-electron chi connectivity index (χ3n) is 4.22. The maximum Gasteiger partial charge on any atom is 0.0993 e. The second-order valence-electron chi connectivity index (χ2n) is 6.35. The van der Waals surface area contributed by atoms with Crippen LogP contribution in [0.2, 0.25) is 0 Å². The van der Waals surface area contributed by atoms with Crippen LogP contribution in [0.15, 0.2) is 4.99 Å². The van der Waals surface area contributed by atoms with E-state index in [-0.39, 0.29) is 0 Å². The molecule has 0 fully saturated rings. The Hall–Kier alpha value is -0.530. The summed E-state index contributed by atoms with van der Waals surface area (Å²) in [6, 6.07) is 0. The van der Waals surface area contributed by atoms with Gasteiger partial charge in [0.15, 0.2) is 0 Å². The van der Waals surface area contributed by atoms with E-state index in [0.29, 0.717) is 5.92 Å². The molecule has 2 nitrogen and oxygen atoms in total. The fourth-order valence-electron chi connectivity index (χ4n) is 3.03. The van der Waals surface area contributed by atoms with Gasteiger partial charge in [0.1, 0.15) is 0 Å². The van der Waals surface area contributed by atoms with Crippen LogP contribution < -0.4 is 5.32 Å². The summed E-state index contributed by atoms with van der Waals surface area (Å²) < 4.78 is 0. The Morgan fingerprint density at radius 2 is 1.74 bits per heavy atom. The summed E-state index contributed by atoms with van der Waals surface area (Å²) in [5, 5.41) is 3.41. The van der Waals surface area contributed by atoms with Crippen molar-refractivity contribution in [2.45, 2.75) is 78.6 Å². The van der Waals surface area contributed by atoms with Gasteiger partial charge >= 0.3 is 0 Å². The second-order valence-corrected chi connectivity index (χ2v) is 6.35. The van der Waals surface area contributed by atoms with Gasteiger partial charge in [-0.15, -0.1) is 0 Å². The molecule has 1 rings (SSSR count). The highest BCUT2D eigenvalue weighted by Crippen LogP contribution is 2.20. The van der Waals surface area contributed by atoms with E-state index in [9.17, 15) is 0 Å². The van der Waals surface area contributed by atoms with Gasteiger partial charge in [-0.3, -0.25) is 4.99 Å². The predicted molar refractivity (Wildman–Crippen MR) is 85.9 cm³/mol. The van der Waals surface area contributed by atoms with Gasteiger partial charge in [-0.25, -0.2) is 0 Å². The number of unbranched alkanes of at least 4 members (excludes halogenated alkanes) is 6. The molecule has 0 spiro atoms. The van der Waals surface area contributed by atoms with Crippen molar-refractivity contribution in [2.24, 2.45) is 16.8 Å². The molecule has 2 atom stereocenters. The lowest BCUT2D eigenvalue weighted by molar-refractivity contribution is 0.423. The first-order chi connectivity index (χ1) is 9.24. The van der Waals surface area contributed by atoms with Crippen molar-refractivity contribution >= 4 is 5.84 Å². The molecule has 1 heterocycles. The van der Waals surface area contributed by atoms with Crippen molar-refractivity contribution in [3.05, 3.63) is 0 Å². The highest BCUT2D eigenvalue weighted by atomic mass is 15.1. The van der Waals surface area contributed by atoms with E-state index < -0.39 is 0 Å². The Bertz CT molecular complexity index is 248. The molecule has 1 aliphatic rings. The molecule has 0 radical (unpaired) electrons. The molecule has 0 amide bonds. The van der Waals surface area contributed by atoms with Gasteiger partial charge in [0.05, 0.1) is 12.4 Å². The van der Waals surface area contributed by atoms with Crippen LogP contribution in [0.25, 0.3) is 0 Å². The average molecular weight is 266 g/mol. The van der Waals surface area contributed by atoms with Crippen molar-refractivity contribution in [3.8, 4) is 0 Å². The first-order valence-electron chi connectivity index (χ1n) is 8.52. The summed E-state index contributed by atoms with van der Waals surface area (Å²) >= 11 is 0. The summed E-state index contributed by atoms with van der Waals surface area (Å²) in [5.74, 6) is 2.73. The largest absolute Gasteiger partial charge is 0.372 e. The highest BCUT2D eigenvalue weighted by Gasteiger charge is 2.16. The first-order valence-corrected chi connectivity index (χ1v) is 8.52. The maximum atomic E-state index is 4.53. The zero-order chi connectivity index (χ0) is 13.9. The Labute approximate surface area is 120 Å². The molecule has 0 saturated carbocycles. The molecule has 19 heavy (non-hydrogen) atoms. The van der Waals surface area contributed by atoms with Crippen LogP contribution >= 0.6 is 0 Å². The summed E-state index contributed by atoms with van der Waals surface area (Å²) in [6.45, 7) is 9.03. The summed E-state index contributed by atoms with van der Waals surface area (Å²) in [6.07, 6.45) is 12.6. The number of nitrogens with one attached hydrogen (secondary N) is 1. The monoisotopic (exact) mass is 266 g/mol. The van der Waals surface area contributed by atoms with Gasteiger partial charge in [-0.2, -0.15) is 0 Å². The van der Waals surface area contributed by atoms with Crippen LogP contribution in [0, 0.1) is 11.8 Å². The van der Waals surface area contributed by atoms with Gasteiger partial charge < -0.3 is 5.32 Å². The third kappa shape index (κ3) is 7.59. The lowest BCUT2D eigenvalue weighted by Gasteiger charge is -2.17. The zero-order valence-electron chi connectivity index (χ0n) is 13.4. The molecule has 0 saturated heterocycles. The van der Waals surface area contributed by atoms with Crippen LogP contribution in [-0.4, -0.2) is 18.9 Å². The number of rotatable bonds is 11. The van der Waals surface area contributed by atoms with Gasteiger partial charge in [-0.1, -0.05) is 72.1 Å². The van der Waals surface area contributed by atoms with E-state index >= 15 is 0 Å². The molecule has 2 unspecified atom stereocenters. The average Bonchev–Trinajstić information content (AvgIpc) is 2.91. The van der Waals surface area contributed by atoms with Crippen LogP contribution in [0.4, 0.5) is 0 Å². The standard InChI is InChI=1S/C17H34N2/c1-4-5-6-7-8-9-10-11-15(2)14-16(3)17-18-12-13-19-17/h15-16H,4-14H2,1-3H3,(H,18,19). The fourth-order valence-corrected chi connectivity index (χ4v) is 3.03. The van der Waals surface area contributed by atoms with Crippen molar-refractivity contribution in [3.63, 3.8) is 0 Å². The molecule has 1 aliphatic heterocycles. The molecular weight excluding hydrogens is 232 g/mol. The first kappa shape index (κ1) is 16.5. The predicted octanol–water partition coefficient (Wildman–Crippen LogP) is 4.79. The van der Waals surface area contributed by atoms with E-state index in [2.05, 4.69) is 31.1 Å². The lowest BCUT2D eigenvalue weighted by Crippen LogP contribution is -2.26. The van der Waals surface area contributed by atoms with Crippen molar-refractivity contribution < 1.29 is 0 Å². The molecule has 0 aromatic rings. The number of nitrogens with zero attached hydrogens (tertiary/aromatic N) is 1. The van der Waals surface area contributed by atoms with Crippen LogP contribution in [0.5, 0.6) is 0 Å². The molecule has 1 N–H and O–H groups in total. The van der Waals surface area contributed by atoms with Crippen LogP contribution in [0.1, 0.15) is 78.6 Å². The topological polar surface area (TPSA) is 24.4 Å². The summed E-state index contributed by atoms with van der Waals surface area (Å²) in [4.78, 5) is 4.53. The van der Waals surface area contributed by atoms with Gasteiger partial charge in [0.25, 0.3) is 0 Å². The second kappa shape index (κ2) is 10.3. The Morgan fingerprint density at radius 3 is 2.37 bits per heavy atom. The Morgan fingerprint density at radius 1 is 1.05 bits per heavy atom. The Kier molecular flexibility index (Phi) is 8.94. The molecule has 0 bridgehead atoms. The van der Waals surface area contributed by atoms with Crippen molar-refractivity contribution in [2.75, 3.05) is 13.1 Å². The Balaban J connectivity index is 1.97. The SMILES string of the molecule is CCCCCCCCCC(C)CC(C)C1=NCCN1. The zero-order valence-corrected chi connectivity index (χ0v) is 13.4. The third-order valence-corrected chi connectivity index (χ3v) is 4.22. The van der Waals surface area contributed by atoms with E-state index in [1.54, 1.807) is 0 Å². The minimum Gasteiger partial charge on any atom is -0.372 e. The summed E-state index contributed by atoms with van der Waals surface area (Å²) in [5.41, 5.74) is 0. The summed E-state index contributed by atoms with van der Waals surface area (Å²) in [7, 11) is 0. The van der Waals surface area contributed by atoms with Gasteiger partial charge in [-0.05, 0) is 12.3 Å². The van der Waals surface area contributed by atoms with E-state index in [1.807, 2.05) is 0 Å². The molecule has 2 heteroatoms. The smallest absolute Gasteiger partial charge is 0.0993 e. The highest BCUT2D eigenvalue weighted by molar-refractivity contribution is 5.85. The minimum absolute atomic E-state index is 0.627. The molecule has 0 aliphatic carbocycles. The lowest BCUT2D eigenvalue weighted by atomic mass is 9.92. The molecule has 0 aromatic heterocycles. The van der Waals surface area contributed by atoms with Crippen molar-refractivity contribution in [1.29, 1.82) is 0 Å². The quantitative estimate of drug-likeness (QED) is 0.534. The fraction of sp³-hybridized carbons (Fsp3) is 0.941. The number of hydrogen-bond donors (Lipinski definition) is 1. The van der Waals surface area contributed by atoms with Crippen LogP contribution in [0.3, 0.4) is 0 Å². The van der Waals surface area contributed by atoms with Gasteiger partial charge in [0, 0.05) is 12.5 Å². The van der Waals surface area contributed by atoms with Crippen molar-refractivity contribution in [1.82, 2.24) is 5.32 Å². The normalized spacial score (nSPS) is 17.9. The van der Waals surface area contributed by atoms with Gasteiger partial charge in [0.2, 0.25) is 0 Å². The maximum absolute atomic E-state index is 4.53. The van der Waals surface area contributed by atoms with E-state index in [4.69, 9.17) is 0 Å². The minimum atomic E-state index is 0.627. The van der Waals surface area contributed by atoms with Crippen LogP contribution in [-0.2, 0) is 0 Å². The molecular formula is C17H34N2.